The van der Waals surface area contributed by atoms with E-state index in [1.807, 2.05) is 49.4 Å². The SMILES string of the molecule is CCOc1ccccc1/C=C/C(=O)OC(C)C(=O)N1CCc2ccccc2C1. The highest BCUT2D eigenvalue weighted by Crippen LogP contribution is 2.21. The van der Waals surface area contributed by atoms with E-state index in [1.54, 1.807) is 17.9 Å². The molecule has 1 unspecified atom stereocenters. The van der Waals surface area contributed by atoms with Gasteiger partial charge in [0.05, 0.1) is 6.61 Å². The molecule has 0 saturated heterocycles. The molecule has 1 heterocycles. The van der Waals surface area contributed by atoms with Gasteiger partial charge in [0.1, 0.15) is 5.75 Å². The van der Waals surface area contributed by atoms with Crippen LogP contribution in [0.5, 0.6) is 5.75 Å². The van der Waals surface area contributed by atoms with Gasteiger partial charge >= 0.3 is 5.97 Å². The Morgan fingerprint density at radius 3 is 2.61 bits per heavy atom. The summed E-state index contributed by atoms with van der Waals surface area (Å²) in [5, 5.41) is 0. The van der Waals surface area contributed by atoms with Gasteiger partial charge in [-0.3, -0.25) is 4.79 Å². The van der Waals surface area contributed by atoms with Crippen LogP contribution in [-0.2, 0) is 27.3 Å². The summed E-state index contributed by atoms with van der Waals surface area (Å²) < 4.78 is 10.8. The highest BCUT2D eigenvalue weighted by Gasteiger charge is 2.26. The zero-order valence-corrected chi connectivity index (χ0v) is 16.3. The van der Waals surface area contributed by atoms with Crippen LogP contribution in [0, 0.1) is 0 Å². The van der Waals surface area contributed by atoms with E-state index in [4.69, 9.17) is 9.47 Å². The Balaban J connectivity index is 1.58. The predicted molar refractivity (Wildman–Crippen MR) is 108 cm³/mol. The van der Waals surface area contributed by atoms with Gasteiger partial charge in [-0.1, -0.05) is 42.5 Å². The quantitative estimate of drug-likeness (QED) is 0.568. The lowest BCUT2D eigenvalue weighted by atomic mass is 9.99. The molecule has 3 rings (SSSR count). The van der Waals surface area contributed by atoms with E-state index in [-0.39, 0.29) is 5.91 Å². The summed E-state index contributed by atoms with van der Waals surface area (Å²) in [6, 6.07) is 15.5. The average Bonchev–Trinajstić information content (AvgIpc) is 2.72. The molecule has 1 amide bonds. The lowest BCUT2D eigenvalue weighted by molar-refractivity contribution is -0.155. The molecule has 0 bridgehead atoms. The first-order chi connectivity index (χ1) is 13.6. The second-order valence-electron chi connectivity index (χ2n) is 6.66. The Morgan fingerprint density at radius 2 is 1.82 bits per heavy atom. The van der Waals surface area contributed by atoms with Crippen molar-refractivity contribution < 1.29 is 19.1 Å². The van der Waals surface area contributed by atoms with Crippen LogP contribution in [0.15, 0.2) is 54.6 Å². The molecule has 146 valence electrons. The molecule has 5 heteroatoms. The first kappa shape index (κ1) is 19.7. The summed E-state index contributed by atoms with van der Waals surface area (Å²) in [4.78, 5) is 26.6. The minimum atomic E-state index is -0.829. The second kappa shape index (κ2) is 9.22. The van der Waals surface area contributed by atoms with Crippen molar-refractivity contribution >= 4 is 18.0 Å². The van der Waals surface area contributed by atoms with Crippen molar-refractivity contribution in [2.24, 2.45) is 0 Å². The van der Waals surface area contributed by atoms with Crippen LogP contribution in [-0.4, -0.2) is 36.0 Å². The summed E-state index contributed by atoms with van der Waals surface area (Å²) in [6.45, 7) is 5.24. The normalized spacial score (nSPS) is 14.4. The smallest absolute Gasteiger partial charge is 0.331 e. The largest absolute Gasteiger partial charge is 0.493 e. The highest BCUT2D eigenvalue weighted by molar-refractivity contribution is 5.90. The number of rotatable bonds is 6. The molecule has 0 aromatic heterocycles. The van der Waals surface area contributed by atoms with Gasteiger partial charge in [0.25, 0.3) is 5.91 Å². The van der Waals surface area contributed by atoms with Crippen molar-refractivity contribution in [3.05, 3.63) is 71.3 Å². The molecule has 2 aromatic carbocycles. The van der Waals surface area contributed by atoms with E-state index in [1.165, 1.54) is 11.6 Å². The zero-order valence-electron chi connectivity index (χ0n) is 16.3. The predicted octanol–water partition coefficient (Wildman–Crippen LogP) is 3.62. The summed E-state index contributed by atoms with van der Waals surface area (Å²) in [5.74, 6) is -0.0271. The van der Waals surface area contributed by atoms with Crippen molar-refractivity contribution in [1.29, 1.82) is 0 Å². The number of esters is 1. The van der Waals surface area contributed by atoms with Crippen LogP contribution in [0.25, 0.3) is 6.08 Å². The van der Waals surface area contributed by atoms with Gasteiger partial charge in [-0.05, 0) is 43.5 Å². The summed E-state index contributed by atoms with van der Waals surface area (Å²) in [7, 11) is 0. The fourth-order valence-electron chi connectivity index (χ4n) is 3.27. The van der Waals surface area contributed by atoms with Crippen LogP contribution >= 0.6 is 0 Å². The number of nitrogens with zero attached hydrogens (tertiary/aromatic N) is 1. The first-order valence-corrected chi connectivity index (χ1v) is 9.54. The third-order valence-electron chi connectivity index (χ3n) is 4.70. The van der Waals surface area contributed by atoms with E-state index in [9.17, 15) is 9.59 Å². The number of carbonyl (C=O) groups excluding carboxylic acids is 2. The number of hydrogen-bond acceptors (Lipinski definition) is 4. The van der Waals surface area contributed by atoms with Crippen LogP contribution in [0.4, 0.5) is 0 Å². The number of para-hydroxylation sites is 1. The average molecular weight is 379 g/mol. The molecule has 1 aliphatic heterocycles. The molecular formula is C23H25NO4. The van der Waals surface area contributed by atoms with Crippen molar-refractivity contribution in [2.75, 3.05) is 13.2 Å². The molecule has 0 saturated carbocycles. The van der Waals surface area contributed by atoms with Crippen molar-refractivity contribution in [2.45, 2.75) is 32.9 Å². The van der Waals surface area contributed by atoms with Gasteiger partial charge in [0.15, 0.2) is 6.10 Å². The molecule has 1 aliphatic rings. The summed E-state index contributed by atoms with van der Waals surface area (Å²) in [5.41, 5.74) is 3.20. The molecule has 0 spiro atoms. The Kier molecular flexibility index (Phi) is 6.48. The number of ether oxygens (including phenoxy) is 2. The van der Waals surface area contributed by atoms with Gasteiger partial charge in [-0.15, -0.1) is 0 Å². The van der Waals surface area contributed by atoms with Crippen LogP contribution < -0.4 is 4.74 Å². The Hall–Kier alpha value is -3.08. The maximum Gasteiger partial charge on any atom is 0.331 e. The van der Waals surface area contributed by atoms with Gasteiger partial charge in [0, 0.05) is 24.7 Å². The Labute approximate surface area is 165 Å². The van der Waals surface area contributed by atoms with Crippen molar-refractivity contribution in [3.8, 4) is 5.75 Å². The summed E-state index contributed by atoms with van der Waals surface area (Å²) >= 11 is 0. The molecule has 0 radical (unpaired) electrons. The van der Waals surface area contributed by atoms with Gasteiger partial charge in [0.2, 0.25) is 0 Å². The van der Waals surface area contributed by atoms with Crippen LogP contribution in [0.3, 0.4) is 0 Å². The third kappa shape index (κ3) is 4.80. The lowest BCUT2D eigenvalue weighted by Crippen LogP contribution is -2.42. The van der Waals surface area contributed by atoms with E-state index in [0.29, 0.717) is 25.4 Å². The Morgan fingerprint density at radius 1 is 1.11 bits per heavy atom. The standard InChI is InChI=1S/C23H25NO4/c1-3-27-21-11-7-6-9-19(21)12-13-22(25)28-17(2)23(26)24-15-14-18-8-4-5-10-20(18)16-24/h4-13,17H,3,14-16H2,1-2H3/b13-12+. The molecule has 28 heavy (non-hydrogen) atoms. The fraction of sp³-hybridized carbons (Fsp3) is 0.304. The van der Waals surface area contributed by atoms with Crippen molar-refractivity contribution in [1.82, 2.24) is 4.90 Å². The second-order valence-corrected chi connectivity index (χ2v) is 6.66. The molecule has 1 atom stereocenters. The van der Waals surface area contributed by atoms with Crippen molar-refractivity contribution in [3.63, 3.8) is 0 Å². The lowest BCUT2D eigenvalue weighted by Gasteiger charge is -2.30. The van der Waals surface area contributed by atoms with Crippen LogP contribution in [0.2, 0.25) is 0 Å². The maximum absolute atomic E-state index is 12.7. The van der Waals surface area contributed by atoms with Gasteiger partial charge < -0.3 is 14.4 Å². The number of amides is 1. The maximum atomic E-state index is 12.7. The molecular weight excluding hydrogens is 354 g/mol. The minimum absolute atomic E-state index is 0.175. The Bertz CT molecular complexity index is 874. The van der Waals surface area contributed by atoms with Gasteiger partial charge in [-0.2, -0.15) is 0 Å². The molecule has 0 fully saturated rings. The molecule has 2 aromatic rings. The number of fused-ring (bicyclic) bond motifs is 1. The molecule has 0 N–H and O–H groups in total. The van der Waals surface area contributed by atoms with Gasteiger partial charge in [-0.25, -0.2) is 4.79 Å². The monoisotopic (exact) mass is 379 g/mol. The number of benzene rings is 2. The fourth-order valence-corrected chi connectivity index (χ4v) is 3.27. The number of carbonyl (C=O) groups is 2. The van der Waals surface area contributed by atoms with E-state index in [2.05, 4.69) is 6.07 Å². The van der Waals surface area contributed by atoms with E-state index in [0.717, 1.165) is 17.5 Å². The topological polar surface area (TPSA) is 55.8 Å². The van der Waals surface area contributed by atoms with E-state index < -0.39 is 12.1 Å². The van der Waals surface area contributed by atoms with E-state index >= 15 is 0 Å². The summed E-state index contributed by atoms with van der Waals surface area (Å²) in [6.07, 6.45) is 2.95. The van der Waals surface area contributed by atoms with Crippen LogP contribution in [0.1, 0.15) is 30.5 Å². The minimum Gasteiger partial charge on any atom is -0.493 e. The highest BCUT2D eigenvalue weighted by atomic mass is 16.5. The first-order valence-electron chi connectivity index (χ1n) is 9.54. The third-order valence-corrected chi connectivity index (χ3v) is 4.70. The molecule has 5 nitrogen and oxygen atoms in total. The molecule has 0 aliphatic carbocycles. The zero-order chi connectivity index (χ0) is 19.9. The number of hydrogen-bond donors (Lipinski definition) is 0.